The van der Waals surface area contributed by atoms with E-state index in [4.69, 9.17) is 0 Å². The van der Waals surface area contributed by atoms with Crippen LogP contribution in [0, 0.1) is 11.8 Å². The van der Waals surface area contributed by atoms with Crippen molar-refractivity contribution >= 4 is 69.6 Å². The maximum absolute atomic E-state index is 15.4. The molecule has 36 heavy (non-hydrogen) atoms. The van der Waals surface area contributed by atoms with Gasteiger partial charge in [-0.15, -0.1) is 0 Å². The largest absolute Gasteiger partial charge is 0.306 e. The van der Waals surface area contributed by atoms with Crippen molar-refractivity contribution in [2.75, 3.05) is 0 Å². The Balaban J connectivity index is 4.02. The lowest BCUT2D eigenvalue weighted by molar-refractivity contribution is -0.126. The van der Waals surface area contributed by atoms with E-state index in [9.17, 15) is 0 Å². The molecule has 212 valence electrons. The van der Waals surface area contributed by atoms with Gasteiger partial charge in [0.2, 0.25) is 0 Å². The Morgan fingerprint density at radius 3 is 0.694 bits per heavy atom. The van der Waals surface area contributed by atoms with Crippen molar-refractivity contribution < 1.29 is 9.59 Å². The SMILES string of the molecule is C[Si](C)(C)[Si](C(=O)[C@@H]1CCCC[C@H]1C(=O)[Si]([Si](C)(C)C)([Si](C)(C)C)[Si](C)(C)C)([Si](C)(C)C)[Si](C)(C)C. The van der Waals surface area contributed by atoms with Gasteiger partial charge in [-0.2, -0.15) is 0 Å². The molecule has 0 spiro atoms. The van der Waals surface area contributed by atoms with Crippen molar-refractivity contribution in [3.05, 3.63) is 0 Å². The topological polar surface area (TPSA) is 34.1 Å². The van der Waals surface area contributed by atoms with Crippen LogP contribution in [-0.2, 0) is 9.59 Å². The molecule has 0 radical (unpaired) electrons. The molecule has 0 heterocycles. The fourth-order valence-electron chi connectivity index (χ4n) is 11.3. The van der Waals surface area contributed by atoms with E-state index >= 15 is 9.59 Å². The molecular weight excluding hydrogens is 569 g/mol. The highest BCUT2D eigenvalue weighted by Crippen LogP contribution is 2.47. The molecule has 10 heteroatoms. The van der Waals surface area contributed by atoms with Crippen LogP contribution < -0.4 is 0 Å². The summed E-state index contributed by atoms with van der Waals surface area (Å²) < 4.78 is 0. The Labute approximate surface area is 233 Å². The quantitative estimate of drug-likeness (QED) is 0.227. The molecule has 1 saturated carbocycles. The molecule has 0 aromatic heterocycles. The Hall–Kier alpha value is 1.08. The lowest BCUT2D eigenvalue weighted by Crippen LogP contribution is -2.89. The first-order chi connectivity index (χ1) is 15.5. The Kier molecular flexibility index (Phi) is 10.2. The van der Waals surface area contributed by atoms with Crippen LogP contribution in [0.4, 0.5) is 0 Å². The van der Waals surface area contributed by atoms with Crippen molar-refractivity contribution in [3.8, 4) is 0 Å². The third-order valence-electron chi connectivity index (χ3n) is 9.93. The predicted octanol–water partition coefficient (Wildman–Crippen LogP) is 8.41. The van der Waals surface area contributed by atoms with E-state index in [1.54, 1.807) is 0 Å². The third kappa shape index (κ3) is 5.50. The molecule has 0 unspecified atom stereocenters. The standard InChI is InChI=1S/C26H64O2Si8/c1-29(2,3)35(30(4,5)6,31(7,8)9)25(27)23-21-19-20-22-24(23)26(28)36(32(10,11)12,33(13,14)15)34(16,17)18/h23-24H,19-22H2,1-18H3/t23-,24-/m1/s1. The summed E-state index contributed by atoms with van der Waals surface area (Å²) in [7, 11) is -10.4. The van der Waals surface area contributed by atoms with Crippen molar-refractivity contribution in [1.82, 2.24) is 0 Å². The van der Waals surface area contributed by atoms with Gasteiger partial charge < -0.3 is 9.59 Å². The molecule has 1 aliphatic carbocycles. The normalized spacial score (nSPS) is 21.9. The van der Waals surface area contributed by atoms with Crippen molar-refractivity contribution in [2.24, 2.45) is 11.8 Å². The average Bonchev–Trinajstić information content (AvgIpc) is 2.54. The monoisotopic (exact) mass is 632 g/mol. The minimum atomic E-state index is -2.20. The summed E-state index contributed by atoms with van der Waals surface area (Å²) in [5.74, 6) is 0.0815. The van der Waals surface area contributed by atoms with Crippen LogP contribution in [0.25, 0.3) is 0 Å². The fourth-order valence-corrected chi connectivity index (χ4v) is 210. The smallest absolute Gasteiger partial charge is 0.112 e. The molecule has 0 bridgehead atoms. The molecule has 2 nitrogen and oxygen atoms in total. The molecule has 0 saturated heterocycles. The van der Waals surface area contributed by atoms with Gasteiger partial charge in [0.25, 0.3) is 0 Å². The summed E-state index contributed by atoms with van der Waals surface area (Å²) in [6, 6.07) is 0. The van der Waals surface area contributed by atoms with Crippen LogP contribution in [0.15, 0.2) is 0 Å². The molecule has 1 aliphatic rings. The maximum atomic E-state index is 15.4. The van der Waals surface area contributed by atoms with Crippen LogP contribution in [0.3, 0.4) is 0 Å². The number of carbonyl (C=O) groups excluding carboxylic acids is 2. The highest BCUT2D eigenvalue weighted by Gasteiger charge is 2.71. The lowest BCUT2D eigenvalue weighted by atomic mass is 9.80. The summed E-state index contributed by atoms with van der Waals surface area (Å²) in [4.78, 5) is 30.8. The van der Waals surface area contributed by atoms with Gasteiger partial charge in [-0.3, -0.25) is 0 Å². The summed E-state index contributed by atoms with van der Waals surface area (Å²) in [5, 5.41) is 1.45. The van der Waals surface area contributed by atoms with E-state index in [-0.39, 0.29) is 11.8 Å². The van der Waals surface area contributed by atoms with E-state index in [0.717, 1.165) is 36.5 Å². The first-order valence-electron chi connectivity index (χ1n) is 14.6. The first kappa shape index (κ1) is 35.1. The molecule has 0 N–H and O–H groups in total. The summed E-state index contributed by atoms with van der Waals surface area (Å²) in [5.41, 5.74) is 0. The van der Waals surface area contributed by atoms with Gasteiger partial charge in [0.05, 0.1) is 0 Å². The molecule has 2 atom stereocenters. The minimum Gasteiger partial charge on any atom is -0.306 e. The average molecular weight is 633 g/mol. The molecular formula is C26H64O2Si8. The number of carbonyl (C=O) groups is 2. The summed E-state index contributed by atoms with van der Waals surface area (Å²) in [6.45, 7) is 41.3. The van der Waals surface area contributed by atoms with E-state index in [0.29, 0.717) is 0 Å². The van der Waals surface area contributed by atoms with Gasteiger partial charge >= 0.3 is 0 Å². The van der Waals surface area contributed by atoms with Crippen LogP contribution >= 0.6 is 0 Å². The van der Waals surface area contributed by atoms with Gasteiger partial charge in [0.1, 0.15) is 24.1 Å². The van der Waals surface area contributed by atoms with Crippen LogP contribution in [0.2, 0.25) is 118 Å². The van der Waals surface area contributed by atoms with E-state index < -0.39 is 58.8 Å². The summed E-state index contributed by atoms with van der Waals surface area (Å²) >= 11 is 0. The summed E-state index contributed by atoms with van der Waals surface area (Å²) in [6.07, 6.45) is 4.29. The first-order valence-corrected chi connectivity index (χ1v) is 45.6. The Morgan fingerprint density at radius 1 is 0.389 bits per heavy atom. The van der Waals surface area contributed by atoms with Crippen LogP contribution in [0.5, 0.6) is 0 Å². The van der Waals surface area contributed by atoms with Gasteiger partial charge in [-0.1, -0.05) is 131 Å². The fraction of sp³-hybridized carbons (Fsp3) is 0.923. The highest BCUT2D eigenvalue weighted by molar-refractivity contribution is 7.97. The van der Waals surface area contributed by atoms with Gasteiger partial charge in [0.15, 0.2) is 0 Å². The highest BCUT2D eigenvalue weighted by atomic mass is 29.9. The minimum absolute atomic E-state index is 0.0408. The number of rotatable bonds is 10. The Morgan fingerprint density at radius 2 is 0.556 bits per heavy atom. The lowest BCUT2D eigenvalue weighted by Gasteiger charge is -2.59. The molecule has 0 aliphatic heterocycles. The van der Waals surface area contributed by atoms with Crippen molar-refractivity contribution in [2.45, 2.75) is 144 Å². The third-order valence-corrected chi connectivity index (χ3v) is 152. The van der Waals surface area contributed by atoms with Crippen molar-refractivity contribution in [3.63, 3.8) is 0 Å². The van der Waals surface area contributed by atoms with Crippen LogP contribution in [-0.4, -0.2) is 69.6 Å². The number of hydrogen-bond donors (Lipinski definition) is 0. The van der Waals surface area contributed by atoms with Gasteiger partial charge in [-0.25, -0.2) is 0 Å². The molecule has 0 aromatic rings. The second kappa shape index (κ2) is 10.5. The molecule has 1 rings (SSSR count). The number of hydrogen-bond acceptors (Lipinski definition) is 2. The van der Waals surface area contributed by atoms with E-state index in [1.807, 2.05) is 0 Å². The van der Waals surface area contributed by atoms with E-state index in [1.165, 1.54) is 0 Å². The second-order valence-corrected chi connectivity index (χ2v) is 98.7. The molecule has 1 fully saturated rings. The zero-order valence-corrected chi connectivity index (χ0v) is 35.8. The zero-order chi connectivity index (χ0) is 29.1. The molecule has 0 aromatic carbocycles. The predicted molar refractivity (Wildman–Crippen MR) is 187 cm³/mol. The Bertz CT molecular complexity index is 685. The van der Waals surface area contributed by atoms with Gasteiger partial charge in [-0.05, 0) is 12.8 Å². The van der Waals surface area contributed by atoms with Crippen molar-refractivity contribution in [1.29, 1.82) is 0 Å². The zero-order valence-electron chi connectivity index (χ0n) is 27.8. The second-order valence-electron chi connectivity index (χ2n) is 18.2. The van der Waals surface area contributed by atoms with Gasteiger partial charge in [0, 0.05) is 57.4 Å². The molecule has 0 amide bonds. The van der Waals surface area contributed by atoms with Crippen LogP contribution in [0.1, 0.15) is 25.7 Å². The van der Waals surface area contributed by atoms with E-state index in [2.05, 4.69) is 118 Å². The maximum Gasteiger partial charge on any atom is 0.112 e.